The van der Waals surface area contributed by atoms with Crippen molar-refractivity contribution >= 4 is 23.2 Å². The van der Waals surface area contributed by atoms with E-state index in [0.717, 1.165) is 10.4 Å². The molecule has 1 heterocycles. The van der Waals surface area contributed by atoms with Crippen LogP contribution < -0.4 is 5.32 Å². The van der Waals surface area contributed by atoms with Gasteiger partial charge in [-0.25, -0.2) is 0 Å². The zero-order valence-electron chi connectivity index (χ0n) is 15.3. The van der Waals surface area contributed by atoms with E-state index in [2.05, 4.69) is 5.32 Å². The van der Waals surface area contributed by atoms with Crippen molar-refractivity contribution in [3.63, 3.8) is 0 Å². The molecule has 0 saturated heterocycles. The molecule has 0 spiro atoms. The quantitative estimate of drug-likeness (QED) is 0.817. The highest BCUT2D eigenvalue weighted by molar-refractivity contribution is 7.09. The second kappa shape index (κ2) is 8.81. The van der Waals surface area contributed by atoms with Crippen molar-refractivity contribution in [3.05, 3.63) is 57.8 Å². The van der Waals surface area contributed by atoms with E-state index in [1.807, 2.05) is 57.3 Å². The lowest BCUT2D eigenvalue weighted by molar-refractivity contribution is -0.134. The largest absolute Gasteiger partial charge is 0.340 e. The molecular weight excluding hydrogens is 332 g/mol. The predicted molar refractivity (Wildman–Crippen MR) is 103 cm³/mol. The summed E-state index contributed by atoms with van der Waals surface area (Å²) in [6.45, 7) is 9.04. The summed E-state index contributed by atoms with van der Waals surface area (Å²) < 4.78 is 0. The van der Waals surface area contributed by atoms with E-state index in [0.29, 0.717) is 18.7 Å². The monoisotopic (exact) mass is 358 g/mol. The Bertz CT molecular complexity index is 693. The van der Waals surface area contributed by atoms with Crippen LogP contribution >= 0.6 is 11.3 Å². The van der Waals surface area contributed by atoms with Crippen LogP contribution in [0, 0.1) is 12.8 Å². The molecule has 0 saturated carbocycles. The maximum atomic E-state index is 13.0. The van der Waals surface area contributed by atoms with Crippen molar-refractivity contribution < 1.29 is 9.59 Å². The summed E-state index contributed by atoms with van der Waals surface area (Å²) >= 11 is 1.64. The van der Waals surface area contributed by atoms with Gasteiger partial charge in [0.25, 0.3) is 5.91 Å². The Kier molecular flexibility index (Phi) is 6.76. The van der Waals surface area contributed by atoms with Gasteiger partial charge in [0.2, 0.25) is 5.91 Å². The van der Waals surface area contributed by atoms with Crippen LogP contribution in [-0.4, -0.2) is 29.3 Å². The van der Waals surface area contributed by atoms with Gasteiger partial charge in [0.15, 0.2) is 0 Å². The number of benzene rings is 1. The summed E-state index contributed by atoms with van der Waals surface area (Å²) in [5.41, 5.74) is 1.67. The number of hydrogen-bond donors (Lipinski definition) is 1. The number of hydrogen-bond acceptors (Lipinski definition) is 3. The number of rotatable bonds is 7. The average Bonchev–Trinajstić information content (AvgIpc) is 3.10. The normalized spacial score (nSPS) is 12.0. The number of carbonyl (C=O) groups excluding carboxylic acids is 2. The number of amides is 2. The Hall–Kier alpha value is -2.14. The zero-order chi connectivity index (χ0) is 18.4. The van der Waals surface area contributed by atoms with Crippen molar-refractivity contribution in [2.75, 3.05) is 6.54 Å². The van der Waals surface area contributed by atoms with E-state index in [4.69, 9.17) is 0 Å². The van der Waals surface area contributed by atoms with Crippen LogP contribution in [0.3, 0.4) is 0 Å². The maximum absolute atomic E-state index is 13.0. The molecule has 1 aromatic heterocycles. The Labute approximate surface area is 153 Å². The predicted octanol–water partition coefficient (Wildman–Crippen LogP) is 3.86. The Morgan fingerprint density at radius 3 is 2.36 bits per heavy atom. The van der Waals surface area contributed by atoms with E-state index in [9.17, 15) is 9.59 Å². The zero-order valence-corrected chi connectivity index (χ0v) is 16.1. The Morgan fingerprint density at radius 1 is 1.16 bits per heavy atom. The van der Waals surface area contributed by atoms with E-state index in [1.165, 1.54) is 0 Å². The molecule has 0 aliphatic heterocycles. The second-order valence-corrected chi connectivity index (χ2v) is 7.53. The van der Waals surface area contributed by atoms with Crippen LogP contribution in [0.2, 0.25) is 0 Å². The van der Waals surface area contributed by atoms with Crippen molar-refractivity contribution in [2.24, 2.45) is 5.92 Å². The van der Waals surface area contributed by atoms with E-state index >= 15 is 0 Å². The molecule has 0 aliphatic carbocycles. The lowest BCUT2D eigenvalue weighted by Gasteiger charge is -2.29. The number of aryl methyl sites for hydroxylation is 1. The van der Waals surface area contributed by atoms with Crippen LogP contribution in [0.15, 0.2) is 41.8 Å². The van der Waals surface area contributed by atoms with Crippen LogP contribution in [-0.2, 0) is 11.3 Å². The van der Waals surface area contributed by atoms with Crippen LogP contribution in [0.25, 0.3) is 0 Å². The minimum absolute atomic E-state index is 0.0132. The summed E-state index contributed by atoms with van der Waals surface area (Å²) in [6, 6.07) is 10.8. The molecular formula is C20H26N2O2S. The van der Waals surface area contributed by atoms with Gasteiger partial charge in [0.05, 0.1) is 6.54 Å². The van der Waals surface area contributed by atoms with E-state index in [-0.39, 0.29) is 17.7 Å². The van der Waals surface area contributed by atoms with Crippen LogP contribution in [0.5, 0.6) is 0 Å². The summed E-state index contributed by atoms with van der Waals surface area (Å²) in [5, 5.41) is 4.93. The van der Waals surface area contributed by atoms with Gasteiger partial charge in [-0.15, -0.1) is 11.3 Å². The molecule has 2 aromatic rings. The van der Waals surface area contributed by atoms with Crippen molar-refractivity contribution in [1.29, 1.82) is 0 Å². The van der Waals surface area contributed by atoms with Gasteiger partial charge in [-0.2, -0.15) is 0 Å². The molecule has 1 atom stereocenters. The average molecular weight is 359 g/mol. The van der Waals surface area contributed by atoms with Crippen molar-refractivity contribution in [1.82, 2.24) is 10.2 Å². The number of nitrogens with one attached hydrogen (secondary N) is 1. The number of likely N-dealkylation sites (N-methyl/N-ethyl adjacent to an activating group) is 1. The van der Waals surface area contributed by atoms with Gasteiger partial charge >= 0.3 is 0 Å². The molecule has 0 bridgehead atoms. The van der Waals surface area contributed by atoms with Gasteiger partial charge in [0, 0.05) is 17.0 Å². The highest BCUT2D eigenvalue weighted by Gasteiger charge is 2.28. The molecule has 2 amide bonds. The summed E-state index contributed by atoms with van der Waals surface area (Å²) in [7, 11) is 0. The molecule has 0 fully saturated rings. The summed E-state index contributed by atoms with van der Waals surface area (Å²) in [4.78, 5) is 28.4. The number of nitrogens with zero attached hydrogens (tertiary/aromatic N) is 1. The van der Waals surface area contributed by atoms with Crippen molar-refractivity contribution in [2.45, 2.75) is 40.3 Å². The fourth-order valence-corrected chi connectivity index (χ4v) is 3.30. The standard InChI is InChI=1S/C20H26N2O2S/c1-5-22(13-17-7-6-12-25-17)20(24)18(14(2)3)21-19(23)16-10-8-15(4)9-11-16/h6-12,14,18H,5,13H2,1-4H3,(H,21,23). The van der Waals surface area contributed by atoms with Crippen LogP contribution in [0.4, 0.5) is 0 Å². The molecule has 1 aromatic carbocycles. The van der Waals surface area contributed by atoms with Gasteiger partial charge in [-0.1, -0.05) is 37.6 Å². The fraction of sp³-hybridized carbons (Fsp3) is 0.400. The van der Waals surface area contributed by atoms with E-state index in [1.54, 1.807) is 28.4 Å². The highest BCUT2D eigenvalue weighted by Crippen LogP contribution is 2.15. The lowest BCUT2D eigenvalue weighted by atomic mass is 10.0. The first-order valence-corrected chi connectivity index (χ1v) is 9.49. The number of carbonyl (C=O) groups is 2. The summed E-state index contributed by atoms with van der Waals surface area (Å²) in [5.74, 6) is -0.232. The molecule has 25 heavy (non-hydrogen) atoms. The van der Waals surface area contributed by atoms with E-state index < -0.39 is 6.04 Å². The second-order valence-electron chi connectivity index (χ2n) is 6.49. The topological polar surface area (TPSA) is 49.4 Å². The maximum Gasteiger partial charge on any atom is 0.251 e. The summed E-state index contributed by atoms with van der Waals surface area (Å²) in [6.07, 6.45) is 0. The van der Waals surface area contributed by atoms with Crippen LogP contribution in [0.1, 0.15) is 41.6 Å². The highest BCUT2D eigenvalue weighted by atomic mass is 32.1. The molecule has 0 radical (unpaired) electrons. The molecule has 1 unspecified atom stereocenters. The van der Waals surface area contributed by atoms with Crippen molar-refractivity contribution in [3.8, 4) is 0 Å². The molecule has 1 N–H and O–H groups in total. The van der Waals surface area contributed by atoms with Gasteiger partial charge in [-0.3, -0.25) is 9.59 Å². The lowest BCUT2D eigenvalue weighted by Crippen LogP contribution is -2.51. The third-order valence-corrected chi connectivity index (χ3v) is 5.01. The third-order valence-electron chi connectivity index (χ3n) is 4.15. The minimum atomic E-state index is -0.534. The first-order chi connectivity index (χ1) is 11.9. The molecule has 0 aliphatic rings. The Balaban J connectivity index is 2.11. The van der Waals surface area contributed by atoms with Gasteiger partial charge in [0.1, 0.15) is 6.04 Å². The van der Waals surface area contributed by atoms with Gasteiger partial charge < -0.3 is 10.2 Å². The Morgan fingerprint density at radius 2 is 1.84 bits per heavy atom. The smallest absolute Gasteiger partial charge is 0.251 e. The first kappa shape index (κ1) is 19.2. The number of thiophene rings is 1. The molecule has 5 heteroatoms. The fourth-order valence-electron chi connectivity index (χ4n) is 2.58. The SMILES string of the molecule is CCN(Cc1cccs1)C(=O)C(NC(=O)c1ccc(C)cc1)C(C)C. The van der Waals surface area contributed by atoms with Gasteiger partial charge in [-0.05, 0) is 43.3 Å². The third kappa shape index (κ3) is 5.16. The minimum Gasteiger partial charge on any atom is -0.340 e. The molecule has 2 rings (SSSR count). The molecule has 4 nitrogen and oxygen atoms in total. The molecule has 134 valence electrons. The first-order valence-electron chi connectivity index (χ1n) is 8.61.